The molecule has 20 heavy (non-hydrogen) atoms. The highest BCUT2D eigenvalue weighted by molar-refractivity contribution is 5.59. The number of aromatic nitrogens is 2. The monoisotopic (exact) mass is 273 g/mol. The molecule has 0 spiro atoms. The lowest BCUT2D eigenvalue weighted by atomic mass is 10.1. The summed E-state index contributed by atoms with van der Waals surface area (Å²) < 4.78 is 10.7. The number of anilines is 1. The van der Waals surface area contributed by atoms with Gasteiger partial charge < -0.3 is 14.6 Å². The molecule has 1 saturated carbocycles. The third-order valence-corrected chi connectivity index (χ3v) is 3.65. The maximum Gasteiger partial charge on any atom is 0.229 e. The van der Waals surface area contributed by atoms with Gasteiger partial charge in [0.25, 0.3) is 0 Å². The van der Waals surface area contributed by atoms with Crippen LogP contribution in [0.15, 0.2) is 16.7 Å². The maximum atomic E-state index is 5.42. The first-order valence-electron chi connectivity index (χ1n) is 6.89. The molecule has 1 N–H and O–H groups in total. The van der Waals surface area contributed by atoms with Gasteiger partial charge in [0.05, 0.1) is 13.7 Å². The fourth-order valence-corrected chi connectivity index (χ4v) is 2.34. The Morgan fingerprint density at radius 1 is 1.35 bits per heavy atom. The number of nitrogens with one attached hydrogen (secondary N) is 1. The molecule has 1 fully saturated rings. The number of hydrogen-bond acceptors (Lipinski definition) is 5. The van der Waals surface area contributed by atoms with Crippen LogP contribution in [-0.4, -0.2) is 17.3 Å². The molecule has 0 unspecified atom stereocenters. The van der Waals surface area contributed by atoms with Crippen LogP contribution >= 0.6 is 0 Å². The minimum Gasteiger partial charge on any atom is -0.496 e. The highest BCUT2D eigenvalue weighted by atomic mass is 16.5. The van der Waals surface area contributed by atoms with Crippen molar-refractivity contribution in [3.05, 3.63) is 35.0 Å². The Labute approximate surface area is 118 Å². The molecular weight excluding hydrogens is 254 g/mol. The van der Waals surface area contributed by atoms with Gasteiger partial charge in [-0.15, -0.1) is 0 Å². The smallest absolute Gasteiger partial charge is 0.229 e. The van der Waals surface area contributed by atoms with Crippen molar-refractivity contribution in [3.8, 4) is 5.75 Å². The van der Waals surface area contributed by atoms with E-state index in [0.717, 1.165) is 28.5 Å². The summed E-state index contributed by atoms with van der Waals surface area (Å²) in [6, 6.07) is 4.09. The summed E-state index contributed by atoms with van der Waals surface area (Å²) >= 11 is 0. The number of aryl methyl sites for hydroxylation is 1. The zero-order chi connectivity index (χ0) is 14.1. The Bertz CT molecular complexity index is 618. The molecule has 0 bridgehead atoms. The molecule has 5 heteroatoms. The molecule has 3 rings (SSSR count). The van der Waals surface area contributed by atoms with E-state index in [2.05, 4.69) is 21.5 Å². The minimum absolute atomic E-state index is 0.498. The largest absolute Gasteiger partial charge is 0.496 e. The van der Waals surface area contributed by atoms with Crippen molar-refractivity contribution in [2.45, 2.75) is 39.2 Å². The lowest BCUT2D eigenvalue weighted by Crippen LogP contribution is -2.04. The van der Waals surface area contributed by atoms with Gasteiger partial charge in [-0.05, 0) is 38.3 Å². The molecule has 1 aromatic carbocycles. The van der Waals surface area contributed by atoms with Gasteiger partial charge >= 0.3 is 0 Å². The van der Waals surface area contributed by atoms with Crippen LogP contribution in [0, 0.1) is 13.8 Å². The standard InChI is InChI=1S/C15H19N3O2/c1-9-4-7-12(10(2)14(9)19-3)16-8-13-17-15(20-18-13)11-5-6-11/h4,7,11,16H,5-6,8H2,1-3H3. The highest BCUT2D eigenvalue weighted by Crippen LogP contribution is 2.38. The van der Waals surface area contributed by atoms with Gasteiger partial charge in [0.1, 0.15) is 5.75 Å². The summed E-state index contributed by atoms with van der Waals surface area (Å²) in [5, 5.41) is 7.34. The predicted molar refractivity (Wildman–Crippen MR) is 76.1 cm³/mol. The van der Waals surface area contributed by atoms with E-state index in [-0.39, 0.29) is 0 Å². The molecule has 0 saturated heterocycles. The first kappa shape index (κ1) is 13.0. The van der Waals surface area contributed by atoms with Crippen LogP contribution in [0.1, 0.15) is 41.6 Å². The molecule has 0 amide bonds. The van der Waals surface area contributed by atoms with E-state index in [1.54, 1.807) is 7.11 Å². The van der Waals surface area contributed by atoms with Crippen molar-refractivity contribution in [2.24, 2.45) is 0 Å². The average Bonchev–Trinajstić information content (AvgIpc) is 3.18. The molecular formula is C15H19N3O2. The van der Waals surface area contributed by atoms with Gasteiger partial charge in [-0.2, -0.15) is 4.98 Å². The van der Waals surface area contributed by atoms with Crippen molar-refractivity contribution in [3.63, 3.8) is 0 Å². The van der Waals surface area contributed by atoms with Crippen LogP contribution in [0.2, 0.25) is 0 Å². The zero-order valence-corrected chi connectivity index (χ0v) is 12.1. The van der Waals surface area contributed by atoms with Gasteiger partial charge in [-0.25, -0.2) is 0 Å². The van der Waals surface area contributed by atoms with Crippen molar-refractivity contribution in [1.29, 1.82) is 0 Å². The molecule has 1 aromatic heterocycles. The van der Waals surface area contributed by atoms with E-state index in [9.17, 15) is 0 Å². The van der Waals surface area contributed by atoms with Crippen molar-refractivity contribution in [1.82, 2.24) is 10.1 Å². The van der Waals surface area contributed by atoms with E-state index in [1.807, 2.05) is 19.9 Å². The van der Waals surface area contributed by atoms with Crippen LogP contribution in [0.25, 0.3) is 0 Å². The lowest BCUT2D eigenvalue weighted by molar-refractivity contribution is 0.374. The molecule has 0 aliphatic heterocycles. The maximum absolute atomic E-state index is 5.42. The SMILES string of the molecule is COc1c(C)ccc(NCc2noc(C3CC3)n2)c1C. The Morgan fingerprint density at radius 3 is 2.85 bits per heavy atom. The van der Waals surface area contributed by atoms with Crippen LogP contribution in [0.4, 0.5) is 5.69 Å². The third kappa shape index (κ3) is 2.48. The minimum atomic E-state index is 0.498. The lowest BCUT2D eigenvalue weighted by Gasteiger charge is -2.13. The molecule has 1 aliphatic rings. The second-order valence-corrected chi connectivity index (χ2v) is 5.26. The van der Waals surface area contributed by atoms with Gasteiger partial charge in [0.15, 0.2) is 5.82 Å². The Kier molecular flexibility index (Phi) is 3.34. The highest BCUT2D eigenvalue weighted by Gasteiger charge is 2.29. The van der Waals surface area contributed by atoms with Gasteiger partial charge in [0.2, 0.25) is 5.89 Å². The van der Waals surface area contributed by atoms with Crippen LogP contribution in [0.3, 0.4) is 0 Å². The number of benzene rings is 1. The van der Waals surface area contributed by atoms with Crippen molar-refractivity contribution in [2.75, 3.05) is 12.4 Å². The second kappa shape index (κ2) is 5.15. The van der Waals surface area contributed by atoms with Gasteiger partial charge in [0, 0.05) is 17.2 Å². The predicted octanol–water partition coefficient (Wildman–Crippen LogP) is 3.18. The fraction of sp³-hybridized carbons (Fsp3) is 0.467. The zero-order valence-electron chi connectivity index (χ0n) is 12.1. The summed E-state index contributed by atoms with van der Waals surface area (Å²) in [6.07, 6.45) is 2.34. The number of rotatable bonds is 5. The van der Waals surface area contributed by atoms with Crippen molar-refractivity contribution >= 4 is 5.69 Å². The van der Waals surface area contributed by atoms with E-state index < -0.39 is 0 Å². The molecule has 1 heterocycles. The molecule has 2 aromatic rings. The van der Waals surface area contributed by atoms with E-state index in [4.69, 9.17) is 9.26 Å². The summed E-state index contributed by atoms with van der Waals surface area (Å²) in [6.45, 7) is 4.64. The first-order chi connectivity index (χ1) is 9.69. The molecule has 0 radical (unpaired) electrons. The number of nitrogens with zero attached hydrogens (tertiary/aromatic N) is 2. The Balaban J connectivity index is 1.71. The number of hydrogen-bond donors (Lipinski definition) is 1. The van der Waals surface area contributed by atoms with Gasteiger partial charge in [-0.3, -0.25) is 0 Å². The summed E-state index contributed by atoms with van der Waals surface area (Å²) in [4.78, 5) is 4.41. The Morgan fingerprint density at radius 2 is 2.15 bits per heavy atom. The van der Waals surface area contributed by atoms with Gasteiger partial charge in [-0.1, -0.05) is 11.2 Å². The molecule has 5 nitrogen and oxygen atoms in total. The second-order valence-electron chi connectivity index (χ2n) is 5.26. The summed E-state index contributed by atoms with van der Waals surface area (Å²) in [5.74, 6) is 2.89. The van der Waals surface area contributed by atoms with Crippen LogP contribution in [-0.2, 0) is 6.54 Å². The van der Waals surface area contributed by atoms with E-state index >= 15 is 0 Å². The molecule has 106 valence electrons. The normalized spacial score (nSPS) is 14.3. The summed E-state index contributed by atoms with van der Waals surface area (Å²) in [5.41, 5.74) is 3.26. The van der Waals surface area contributed by atoms with Crippen LogP contribution in [0.5, 0.6) is 5.75 Å². The van der Waals surface area contributed by atoms with Crippen LogP contribution < -0.4 is 10.1 Å². The topological polar surface area (TPSA) is 60.2 Å². The summed E-state index contributed by atoms with van der Waals surface area (Å²) in [7, 11) is 1.69. The molecule has 1 aliphatic carbocycles. The fourth-order valence-electron chi connectivity index (χ4n) is 2.34. The molecule has 0 atom stereocenters. The van der Waals surface area contributed by atoms with Crippen molar-refractivity contribution < 1.29 is 9.26 Å². The Hall–Kier alpha value is -2.04. The quantitative estimate of drug-likeness (QED) is 0.906. The van der Waals surface area contributed by atoms with E-state index in [1.165, 1.54) is 12.8 Å². The number of methoxy groups -OCH3 is 1. The first-order valence-corrected chi connectivity index (χ1v) is 6.89. The number of ether oxygens (including phenoxy) is 1. The third-order valence-electron chi connectivity index (χ3n) is 3.65. The average molecular weight is 273 g/mol. The van der Waals surface area contributed by atoms with E-state index in [0.29, 0.717) is 18.3 Å².